The van der Waals surface area contributed by atoms with Crippen molar-refractivity contribution < 1.29 is 32.0 Å². The molecule has 1 unspecified atom stereocenters. The van der Waals surface area contributed by atoms with Gasteiger partial charge >= 0.3 is 6.03 Å². The summed E-state index contributed by atoms with van der Waals surface area (Å²) in [6.45, 7) is 2.63. The van der Waals surface area contributed by atoms with E-state index in [0.29, 0.717) is 5.76 Å². The van der Waals surface area contributed by atoms with Crippen LogP contribution in [0.25, 0.3) is 0 Å². The summed E-state index contributed by atoms with van der Waals surface area (Å²) < 4.78 is 36.7. The number of ether oxygens (including phenoxy) is 1. The number of hydrogen-bond acceptors (Lipinski definition) is 7. The fraction of sp³-hybridized carbons (Fsp3) is 0.350. The Morgan fingerprint density at radius 3 is 2.50 bits per heavy atom. The van der Waals surface area contributed by atoms with Gasteiger partial charge in [-0.1, -0.05) is 0 Å². The highest BCUT2D eigenvalue weighted by Gasteiger charge is 2.51. The average Bonchev–Trinajstić information content (AvgIpc) is 3.25. The first-order chi connectivity index (χ1) is 14.9. The van der Waals surface area contributed by atoms with Crippen LogP contribution in [0, 0.1) is 6.92 Å². The molecule has 4 amide bonds. The number of urea groups is 1. The maximum absolute atomic E-state index is 12.9. The molecular formula is C20H24N4O7S. The van der Waals surface area contributed by atoms with Gasteiger partial charge in [0.2, 0.25) is 15.9 Å². The summed E-state index contributed by atoms with van der Waals surface area (Å²) in [7, 11) is 0.227. The van der Waals surface area contributed by atoms with E-state index in [1.807, 2.05) is 0 Å². The van der Waals surface area contributed by atoms with Crippen LogP contribution in [-0.4, -0.2) is 63.2 Å². The molecule has 1 aromatic carbocycles. The van der Waals surface area contributed by atoms with Crippen molar-refractivity contribution in [2.75, 3.05) is 33.1 Å². The van der Waals surface area contributed by atoms with E-state index in [1.165, 1.54) is 46.3 Å². The maximum Gasteiger partial charge on any atom is 0.325 e. The number of furan rings is 1. The number of anilines is 1. The maximum atomic E-state index is 12.9. The standard InChI is InChI=1S/C20H24N4O7S/c1-12-6-9-16(31-12)20(2)18(26)24(19(27)22-20)11-17(25)21-13-7-8-14(30-5)15(10-13)32(28,29)23(3)4/h6-10H,11H2,1-5H3,(H,21,25)(H,22,27). The molecule has 12 heteroatoms. The van der Waals surface area contributed by atoms with Gasteiger partial charge in [0.05, 0.1) is 7.11 Å². The molecule has 11 nitrogen and oxygen atoms in total. The van der Waals surface area contributed by atoms with Crippen molar-refractivity contribution >= 4 is 33.6 Å². The topological polar surface area (TPSA) is 138 Å². The van der Waals surface area contributed by atoms with Gasteiger partial charge in [-0.2, -0.15) is 0 Å². The van der Waals surface area contributed by atoms with Gasteiger partial charge in [-0.05, 0) is 44.2 Å². The van der Waals surface area contributed by atoms with Crippen LogP contribution < -0.4 is 15.4 Å². The van der Waals surface area contributed by atoms with Crippen molar-refractivity contribution in [3.63, 3.8) is 0 Å². The highest BCUT2D eigenvalue weighted by Crippen LogP contribution is 2.31. The highest BCUT2D eigenvalue weighted by atomic mass is 32.2. The summed E-state index contributed by atoms with van der Waals surface area (Å²) in [4.78, 5) is 38.5. The molecule has 2 heterocycles. The summed E-state index contributed by atoms with van der Waals surface area (Å²) in [6.07, 6.45) is 0. The Morgan fingerprint density at radius 2 is 1.94 bits per heavy atom. The van der Waals surface area contributed by atoms with Crippen LogP contribution in [0.2, 0.25) is 0 Å². The number of nitrogens with one attached hydrogen (secondary N) is 2. The number of hydrogen-bond donors (Lipinski definition) is 2. The van der Waals surface area contributed by atoms with E-state index in [4.69, 9.17) is 9.15 Å². The molecule has 1 fully saturated rings. The number of methoxy groups -OCH3 is 1. The Labute approximate surface area is 185 Å². The molecule has 0 aliphatic carbocycles. The minimum absolute atomic E-state index is 0.107. The molecule has 1 aromatic heterocycles. The molecule has 2 aromatic rings. The lowest BCUT2D eigenvalue weighted by atomic mass is 9.99. The summed E-state index contributed by atoms with van der Waals surface area (Å²) in [5.74, 6) is -0.396. The Hall–Kier alpha value is -3.38. The van der Waals surface area contributed by atoms with Crippen molar-refractivity contribution in [3.05, 3.63) is 41.9 Å². The third-order valence-corrected chi connectivity index (χ3v) is 6.85. The van der Waals surface area contributed by atoms with Gasteiger partial charge in [0.25, 0.3) is 5.91 Å². The smallest absolute Gasteiger partial charge is 0.325 e. The minimum atomic E-state index is -3.84. The molecule has 32 heavy (non-hydrogen) atoms. The summed E-state index contributed by atoms with van der Waals surface area (Å²) in [6, 6.07) is 6.60. The molecule has 1 atom stereocenters. The number of amides is 4. The zero-order valence-corrected chi connectivity index (χ0v) is 19.1. The zero-order valence-electron chi connectivity index (χ0n) is 18.3. The van der Waals surface area contributed by atoms with E-state index in [1.54, 1.807) is 19.1 Å². The first kappa shape index (κ1) is 23.3. The molecular weight excluding hydrogens is 440 g/mol. The fourth-order valence-corrected chi connectivity index (χ4v) is 4.28. The van der Waals surface area contributed by atoms with Crippen LogP contribution in [0.5, 0.6) is 5.75 Å². The number of aryl methyl sites for hydroxylation is 1. The molecule has 3 rings (SSSR count). The molecule has 0 saturated carbocycles. The summed E-state index contributed by atoms with van der Waals surface area (Å²) in [5, 5.41) is 5.06. The van der Waals surface area contributed by atoms with E-state index in [0.717, 1.165) is 9.21 Å². The number of sulfonamides is 1. The third-order valence-electron chi connectivity index (χ3n) is 5.02. The van der Waals surface area contributed by atoms with Crippen molar-refractivity contribution in [1.29, 1.82) is 0 Å². The normalized spacial score (nSPS) is 18.8. The van der Waals surface area contributed by atoms with Crippen LogP contribution in [0.4, 0.5) is 10.5 Å². The Bertz CT molecular complexity index is 1190. The number of benzene rings is 1. The molecule has 0 spiro atoms. The minimum Gasteiger partial charge on any atom is -0.495 e. The van der Waals surface area contributed by atoms with E-state index in [2.05, 4.69) is 10.6 Å². The largest absolute Gasteiger partial charge is 0.495 e. The summed E-state index contributed by atoms with van der Waals surface area (Å²) >= 11 is 0. The molecule has 1 aliphatic rings. The Balaban J connectivity index is 1.79. The van der Waals surface area contributed by atoms with E-state index >= 15 is 0 Å². The SMILES string of the molecule is COc1ccc(NC(=O)CN2C(=O)NC(C)(c3ccc(C)o3)C2=O)cc1S(=O)(=O)N(C)C. The quantitative estimate of drug-likeness (QED) is 0.588. The second-order valence-electron chi connectivity index (χ2n) is 7.56. The van der Waals surface area contributed by atoms with Crippen LogP contribution in [0.3, 0.4) is 0 Å². The van der Waals surface area contributed by atoms with E-state index in [-0.39, 0.29) is 22.1 Å². The molecule has 1 aliphatic heterocycles. The highest BCUT2D eigenvalue weighted by molar-refractivity contribution is 7.89. The van der Waals surface area contributed by atoms with E-state index < -0.39 is 40.0 Å². The number of carbonyl (C=O) groups excluding carboxylic acids is 3. The number of imide groups is 1. The summed E-state index contributed by atoms with van der Waals surface area (Å²) in [5.41, 5.74) is -1.27. The number of rotatable bonds is 7. The fourth-order valence-electron chi connectivity index (χ4n) is 3.21. The Kier molecular flexibility index (Phi) is 6.03. The van der Waals surface area contributed by atoms with Crippen molar-refractivity contribution in [2.45, 2.75) is 24.3 Å². The van der Waals surface area contributed by atoms with Crippen molar-refractivity contribution in [2.24, 2.45) is 0 Å². The second-order valence-corrected chi connectivity index (χ2v) is 9.68. The molecule has 172 valence electrons. The lowest BCUT2D eigenvalue weighted by Crippen LogP contribution is -2.41. The molecule has 2 N–H and O–H groups in total. The predicted molar refractivity (Wildman–Crippen MR) is 114 cm³/mol. The Morgan fingerprint density at radius 1 is 1.25 bits per heavy atom. The van der Waals surface area contributed by atoms with E-state index in [9.17, 15) is 22.8 Å². The van der Waals surface area contributed by atoms with Gasteiger partial charge in [-0.15, -0.1) is 0 Å². The first-order valence-corrected chi connectivity index (χ1v) is 11.0. The van der Waals surface area contributed by atoms with Crippen LogP contribution in [0.15, 0.2) is 39.6 Å². The molecule has 1 saturated heterocycles. The van der Waals surface area contributed by atoms with Crippen molar-refractivity contribution in [3.8, 4) is 5.75 Å². The van der Waals surface area contributed by atoms with Gasteiger partial charge in [0, 0.05) is 19.8 Å². The average molecular weight is 465 g/mol. The van der Waals surface area contributed by atoms with Crippen LogP contribution in [0.1, 0.15) is 18.4 Å². The van der Waals surface area contributed by atoms with Gasteiger partial charge in [-0.3, -0.25) is 14.5 Å². The first-order valence-electron chi connectivity index (χ1n) is 9.51. The van der Waals surface area contributed by atoms with Gasteiger partial charge in [0.1, 0.15) is 28.7 Å². The molecule has 0 radical (unpaired) electrons. The lowest BCUT2D eigenvalue weighted by Gasteiger charge is -2.19. The van der Waals surface area contributed by atoms with Crippen LogP contribution >= 0.6 is 0 Å². The monoisotopic (exact) mass is 464 g/mol. The number of carbonyl (C=O) groups is 3. The van der Waals surface area contributed by atoms with Crippen LogP contribution in [-0.2, 0) is 25.2 Å². The molecule has 0 bridgehead atoms. The van der Waals surface area contributed by atoms with Gasteiger partial charge in [0.15, 0.2) is 5.54 Å². The predicted octanol–water partition coefficient (Wildman–Crippen LogP) is 1.25. The zero-order chi connectivity index (χ0) is 23.8. The van der Waals surface area contributed by atoms with Gasteiger partial charge < -0.3 is 19.8 Å². The third kappa shape index (κ3) is 4.06. The second kappa shape index (κ2) is 8.28. The van der Waals surface area contributed by atoms with Gasteiger partial charge in [-0.25, -0.2) is 17.5 Å². The van der Waals surface area contributed by atoms with Crippen molar-refractivity contribution in [1.82, 2.24) is 14.5 Å². The lowest BCUT2D eigenvalue weighted by molar-refractivity contribution is -0.134. The number of nitrogens with zero attached hydrogens (tertiary/aromatic N) is 2.